The van der Waals surface area contributed by atoms with Crippen LogP contribution in [-0.4, -0.2) is 26.0 Å². The van der Waals surface area contributed by atoms with Crippen LogP contribution in [0.2, 0.25) is 0 Å². The molecule has 0 radical (unpaired) electrons. The van der Waals surface area contributed by atoms with E-state index in [9.17, 15) is 4.79 Å². The van der Waals surface area contributed by atoms with Crippen molar-refractivity contribution in [1.29, 1.82) is 0 Å². The van der Waals surface area contributed by atoms with Crippen molar-refractivity contribution in [2.24, 2.45) is 5.92 Å². The summed E-state index contributed by atoms with van der Waals surface area (Å²) in [6.07, 6.45) is 1.90. The summed E-state index contributed by atoms with van der Waals surface area (Å²) in [5, 5.41) is 3.27. The molecule has 1 fully saturated rings. The zero-order valence-corrected chi connectivity index (χ0v) is 11.7. The molecule has 0 saturated carbocycles. The maximum Gasteiger partial charge on any atom is 0.166 e. The molecular weight excluding hydrogens is 282 g/mol. The highest BCUT2D eigenvalue weighted by Gasteiger charge is 2.21. The van der Waals surface area contributed by atoms with Gasteiger partial charge in [0.1, 0.15) is 5.75 Å². The van der Waals surface area contributed by atoms with Gasteiger partial charge in [0.2, 0.25) is 0 Å². The fourth-order valence-corrected chi connectivity index (χ4v) is 2.08. The van der Waals surface area contributed by atoms with Gasteiger partial charge in [-0.25, -0.2) is 0 Å². The number of hydrogen-bond acceptors (Lipinski definition) is 3. The third kappa shape index (κ3) is 3.54. The molecule has 0 bridgehead atoms. The second-order valence-corrected chi connectivity index (χ2v) is 4.12. The Labute approximate surface area is 112 Å². The number of nitrogens with one attached hydrogen (secondary N) is 1. The summed E-state index contributed by atoms with van der Waals surface area (Å²) in [7, 11) is 1.63. The van der Waals surface area contributed by atoms with E-state index in [1.54, 1.807) is 7.11 Å². The summed E-state index contributed by atoms with van der Waals surface area (Å²) in [5.41, 5.74) is 0.799. The molecule has 1 N–H and O–H groups in total. The molecule has 0 aromatic heterocycles. The number of rotatable bonds is 3. The second-order valence-electron chi connectivity index (χ2n) is 4.12. The van der Waals surface area contributed by atoms with Gasteiger partial charge in [-0.3, -0.25) is 4.79 Å². The molecule has 4 heteroatoms. The van der Waals surface area contributed by atoms with Gasteiger partial charge in [0.15, 0.2) is 5.78 Å². The van der Waals surface area contributed by atoms with Gasteiger partial charge in [-0.2, -0.15) is 0 Å². The number of carbonyl (C=O) groups excluding carboxylic acids is 1. The predicted octanol–water partition coefficient (Wildman–Crippen LogP) is 2.46. The lowest BCUT2D eigenvalue weighted by Gasteiger charge is -2.21. The summed E-state index contributed by atoms with van der Waals surface area (Å²) in [5.74, 6) is 1.25. The van der Waals surface area contributed by atoms with E-state index >= 15 is 0 Å². The van der Waals surface area contributed by atoms with E-state index in [4.69, 9.17) is 4.74 Å². The molecule has 1 aromatic rings. The first kappa shape index (κ1) is 14.2. The molecule has 1 aliphatic heterocycles. The number of piperidine rings is 1. The average molecular weight is 300 g/mol. The number of hydrogen-bond donors (Lipinski definition) is 1. The van der Waals surface area contributed by atoms with Crippen LogP contribution >= 0.6 is 17.0 Å². The van der Waals surface area contributed by atoms with Crippen molar-refractivity contribution < 1.29 is 9.53 Å². The van der Waals surface area contributed by atoms with Gasteiger partial charge in [-0.1, -0.05) is 0 Å². The van der Waals surface area contributed by atoms with E-state index < -0.39 is 0 Å². The normalized spacial score (nSPS) is 16.1. The van der Waals surface area contributed by atoms with E-state index in [1.807, 2.05) is 24.3 Å². The zero-order valence-electron chi connectivity index (χ0n) is 9.94. The van der Waals surface area contributed by atoms with Crippen LogP contribution in [0.15, 0.2) is 24.3 Å². The minimum absolute atomic E-state index is 0. The number of benzene rings is 1. The fourth-order valence-electron chi connectivity index (χ4n) is 2.08. The van der Waals surface area contributed by atoms with Crippen molar-refractivity contribution in [2.45, 2.75) is 12.8 Å². The monoisotopic (exact) mass is 299 g/mol. The Morgan fingerprint density at radius 2 is 1.82 bits per heavy atom. The first-order valence-electron chi connectivity index (χ1n) is 5.70. The van der Waals surface area contributed by atoms with Crippen LogP contribution in [0.1, 0.15) is 23.2 Å². The van der Waals surface area contributed by atoms with Crippen LogP contribution in [0.5, 0.6) is 5.75 Å². The van der Waals surface area contributed by atoms with Crippen LogP contribution in [0.3, 0.4) is 0 Å². The summed E-state index contributed by atoms with van der Waals surface area (Å²) >= 11 is 0. The number of carbonyl (C=O) groups is 1. The van der Waals surface area contributed by atoms with E-state index in [0.717, 1.165) is 37.2 Å². The van der Waals surface area contributed by atoms with Crippen molar-refractivity contribution >= 4 is 22.8 Å². The number of ketones is 1. The Balaban J connectivity index is 0.00000144. The van der Waals surface area contributed by atoms with Crippen LogP contribution in [0, 0.1) is 5.92 Å². The molecule has 1 saturated heterocycles. The Bertz CT molecular complexity index is 358. The molecule has 0 aliphatic carbocycles. The fraction of sp³-hybridized carbons (Fsp3) is 0.462. The van der Waals surface area contributed by atoms with Crippen LogP contribution in [0.25, 0.3) is 0 Å². The van der Waals surface area contributed by atoms with Crippen molar-refractivity contribution in [3.05, 3.63) is 29.8 Å². The van der Waals surface area contributed by atoms with Gasteiger partial charge in [-0.05, 0) is 50.2 Å². The lowest BCUT2D eigenvalue weighted by molar-refractivity contribution is 0.0895. The quantitative estimate of drug-likeness (QED) is 0.872. The molecular formula is C13H18BrNO2. The molecule has 0 amide bonds. The summed E-state index contributed by atoms with van der Waals surface area (Å²) < 4.78 is 5.07. The minimum Gasteiger partial charge on any atom is -0.497 e. The Morgan fingerprint density at radius 3 is 2.35 bits per heavy atom. The van der Waals surface area contributed by atoms with Gasteiger partial charge in [0, 0.05) is 11.5 Å². The lowest BCUT2D eigenvalue weighted by Crippen LogP contribution is -2.31. The Morgan fingerprint density at radius 1 is 1.24 bits per heavy atom. The van der Waals surface area contributed by atoms with Gasteiger partial charge in [-0.15, -0.1) is 17.0 Å². The molecule has 2 rings (SSSR count). The second kappa shape index (κ2) is 6.77. The highest BCUT2D eigenvalue weighted by molar-refractivity contribution is 8.93. The van der Waals surface area contributed by atoms with Crippen LogP contribution in [0.4, 0.5) is 0 Å². The van der Waals surface area contributed by atoms with Gasteiger partial charge < -0.3 is 10.1 Å². The number of methoxy groups -OCH3 is 1. The molecule has 0 unspecified atom stereocenters. The molecule has 1 aromatic carbocycles. The van der Waals surface area contributed by atoms with Crippen LogP contribution in [-0.2, 0) is 0 Å². The molecule has 1 aliphatic rings. The third-order valence-corrected chi connectivity index (χ3v) is 3.08. The van der Waals surface area contributed by atoms with Gasteiger partial charge in [0.05, 0.1) is 7.11 Å². The molecule has 17 heavy (non-hydrogen) atoms. The summed E-state index contributed by atoms with van der Waals surface area (Å²) in [6.45, 7) is 1.90. The molecule has 1 heterocycles. The SMILES string of the molecule is Br.COc1ccc(C(=O)C2CCNCC2)cc1. The van der Waals surface area contributed by atoms with E-state index in [2.05, 4.69) is 5.32 Å². The number of ether oxygens (including phenoxy) is 1. The molecule has 94 valence electrons. The molecule has 3 nitrogen and oxygen atoms in total. The number of Topliss-reactive ketones (excluding diaryl/α,β-unsaturated/α-hetero) is 1. The Kier molecular flexibility index (Phi) is 5.65. The number of halogens is 1. The summed E-state index contributed by atoms with van der Waals surface area (Å²) in [6, 6.07) is 7.38. The van der Waals surface area contributed by atoms with Crippen molar-refractivity contribution in [2.75, 3.05) is 20.2 Å². The van der Waals surface area contributed by atoms with Crippen LogP contribution < -0.4 is 10.1 Å². The van der Waals surface area contributed by atoms with E-state index in [0.29, 0.717) is 0 Å². The smallest absolute Gasteiger partial charge is 0.166 e. The Hall–Kier alpha value is -0.870. The maximum atomic E-state index is 12.1. The topological polar surface area (TPSA) is 38.3 Å². The minimum atomic E-state index is 0. The van der Waals surface area contributed by atoms with Gasteiger partial charge in [0.25, 0.3) is 0 Å². The van der Waals surface area contributed by atoms with Crippen molar-refractivity contribution in [3.63, 3.8) is 0 Å². The molecule has 0 spiro atoms. The first-order chi connectivity index (χ1) is 7.81. The lowest BCUT2D eigenvalue weighted by atomic mass is 9.90. The maximum absolute atomic E-state index is 12.1. The average Bonchev–Trinajstić information content (AvgIpc) is 2.39. The standard InChI is InChI=1S/C13H17NO2.BrH/c1-16-12-4-2-10(3-5-12)13(15)11-6-8-14-9-7-11;/h2-5,11,14H,6-9H2,1H3;1H. The largest absolute Gasteiger partial charge is 0.497 e. The summed E-state index contributed by atoms with van der Waals surface area (Å²) in [4.78, 5) is 12.1. The van der Waals surface area contributed by atoms with Crippen molar-refractivity contribution in [1.82, 2.24) is 5.32 Å². The van der Waals surface area contributed by atoms with E-state index in [-0.39, 0.29) is 28.7 Å². The van der Waals surface area contributed by atoms with E-state index in [1.165, 1.54) is 0 Å². The highest BCUT2D eigenvalue weighted by Crippen LogP contribution is 2.20. The third-order valence-electron chi connectivity index (χ3n) is 3.08. The van der Waals surface area contributed by atoms with Gasteiger partial charge >= 0.3 is 0 Å². The first-order valence-corrected chi connectivity index (χ1v) is 5.70. The van der Waals surface area contributed by atoms with Crippen molar-refractivity contribution in [3.8, 4) is 5.75 Å². The predicted molar refractivity (Wildman–Crippen MR) is 73.2 cm³/mol. The molecule has 0 atom stereocenters. The zero-order chi connectivity index (χ0) is 11.4. The highest BCUT2D eigenvalue weighted by atomic mass is 79.9.